The van der Waals surface area contributed by atoms with Crippen molar-refractivity contribution < 1.29 is 4.42 Å². The molecule has 4 aromatic rings. The fraction of sp³-hybridized carbons (Fsp3) is 0.176. The Morgan fingerprint density at radius 2 is 1.92 bits per heavy atom. The molecule has 0 aliphatic rings. The SMILES string of the molecule is Cc1cc2nnc(SCc3coc(-c4ccccc4)n3)n2c(C)n1. The first-order chi connectivity index (χ1) is 11.7. The Kier molecular flexibility index (Phi) is 3.78. The lowest BCUT2D eigenvalue weighted by molar-refractivity contribution is 0.573. The molecule has 0 N–H and O–H groups in total. The number of benzene rings is 1. The van der Waals surface area contributed by atoms with Crippen molar-refractivity contribution in [1.82, 2.24) is 24.6 Å². The van der Waals surface area contributed by atoms with Gasteiger partial charge in [0.25, 0.3) is 0 Å². The van der Waals surface area contributed by atoms with E-state index in [9.17, 15) is 0 Å². The van der Waals surface area contributed by atoms with Crippen LogP contribution in [0.15, 0.2) is 52.2 Å². The maximum Gasteiger partial charge on any atom is 0.226 e. The lowest BCUT2D eigenvalue weighted by Crippen LogP contribution is -1.98. The maximum atomic E-state index is 5.57. The van der Waals surface area contributed by atoms with Gasteiger partial charge < -0.3 is 4.42 Å². The number of nitrogens with zero attached hydrogens (tertiary/aromatic N) is 5. The second-order valence-corrected chi connectivity index (χ2v) is 6.36. The van der Waals surface area contributed by atoms with E-state index in [-0.39, 0.29) is 0 Å². The summed E-state index contributed by atoms with van der Waals surface area (Å²) in [7, 11) is 0. The summed E-state index contributed by atoms with van der Waals surface area (Å²) < 4.78 is 7.52. The minimum Gasteiger partial charge on any atom is -0.444 e. The summed E-state index contributed by atoms with van der Waals surface area (Å²) in [5.41, 5.74) is 3.59. The molecule has 0 radical (unpaired) electrons. The van der Waals surface area contributed by atoms with E-state index in [1.165, 1.54) is 0 Å². The molecule has 6 nitrogen and oxygen atoms in total. The van der Waals surface area contributed by atoms with Crippen LogP contribution in [0.5, 0.6) is 0 Å². The van der Waals surface area contributed by atoms with Crippen molar-refractivity contribution in [2.75, 3.05) is 0 Å². The number of hydrogen-bond acceptors (Lipinski definition) is 6. The number of fused-ring (bicyclic) bond motifs is 1. The van der Waals surface area contributed by atoms with Gasteiger partial charge in [-0.2, -0.15) is 0 Å². The first-order valence-electron chi connectivity index (χ1n) is 7.53. The molecule has 0 unspecified atom stereocenters. The molecule has 0 fully saturated rings. The molecule has 0 spiro atoms. The largest absolute Gasteiger partial charge is 0.444 e. The molecule has 24 heavy (non-hydrogen) atoms. The number of aryl methyl sites for hydroxylation is 2. The van der Waals surface area contributed by atoms with Crippen molar-refractivity contribution in [2.45, 2.75) is 24.8 Å². The predicted molar refractivity (Wildman–Crippen MR) is 91.8 cm³/mol. The number of hydrogen-bond donors (Lipinski definition) is 0. The normalized spacial score (nSPS) is 11.2. The molecule has 7 heteroatoms. The van der Waals surface area contributed by atoms with Crippen LogP contribution in [0.1, 0.15) is 17.2 Å². The fourth-order valence-electron chi connectivity index (χ4n) is 2.52. The van der Waals surface area contributed by atoms with E-state index in [1.54, 1.807) is 18.0 Å². The zero-order valence-electron chi connectivity index (χ0n) is 13.3. The lowest BCUT2D eigenvalue weighted by Gasteiger charge is -2.02. The van der Waals surface area contributed by atoms with Gasteiger partial charge in [0.2, 0.25) is 5.89 Å². The Labute approximate surface area is 143 Å². The van der Waals surface area contributed by atoms with Gasteiger partial charge in [-0.1, -0.05) is 30.0 Å². The zero-order chi connectivity index (χ0) is 16.5. The van der Waals surface area contributed by atoms with Crippen molar-refractivity contribution in [3.8, 4) is 11.5 Å². The average Bonchev–Trinajstić information content (AvgIpc) is 3.20. The minimum absolute atomic E-state index is 0.630. The molecule has 3 heterocycles. The number of oxazole rings is 1. The van der Waals surface area contributed by atoms with E-state index in [4.69, 9.17) is 4.42 Å². The van der Waals surface area contributed by atoms with Gasteiger partial charge in [-0.25, -0.2) is 9.97 Å². The standard InChI is InChI=1S/C17H15N5OS/c1-11-8-15-20-21-17(22(15)12(2)18-11)24-10-14-9-23-16(19-14)13-6-4-3-5-7-13/h3-9H,10H2,1-2H3. The molecule has 3 aromatic heterocycles. The quantitative estimate of drug-likeness (QED) is 0.529. The van der Waals surface area contributed by atoms with Crippen LogP contribution in [-0.2, 0) is 5.75 Å². The Morgan fingerprint density at radius 3 is 2.75 bits per heavy atom. The molecule has 1 aromatic carbocycles. The van der Waals surface area contributed by atoms with Gasteiger partial charge in [-0.3, -0.25) is 4.40 Å². The topological polar surface area (TPSA) is 69.1 Å². The summed E-state index contributed by atoms with van der Waals surface area (Å²) in [5, 5.41) is 9.27. The van der Waals surface area contributed by atoms with Gasteiger partial charge >= 0.3 is 0 Å². The molecule has 120 valence electrons. The highest BCUT2D eigenvalue weighted by molar-refractivity contribution is 7.98. The highest BCUT2D eigenvalue weighted by atomic mass is 32.2. The summed E-state index contributed by atoms with van der Waals surface area (Å²) in [5.74, 6) is 2.16. The average molecular weight is 337 g/mol. The van der Waals surface area contributed by atoms with Crippen LogP contribution >= 0.6 is 11.8 Å². The van der Waals surface area contributed by atoms with Crippen LogP contribution in [-0.4, -0.2) is 24.6 Å². The molecular formula is C17H15N5OS. The number of aromatic nitrogens is 5. The second kappa shape index (κ2) is 6.09. The van der Waals surface area contributed by atoms with Gasteiger partial charge in [0.05, 0.1) is 5.69 Å². The summed E-state index contributed by atoms with van der Waals surface area (Å²) in [6, 6.07) is 11.8. The monoisotopic (exact) mass is 337 g/mol. The third-order valence-corrected chi connectivity index (χ3v) is 4.54. The van der Waals surface area contributed by atoms with Crippen LogP contribution in [0.2, 0.25) is 0 Å². The molecule has 0 aliphatic heterocycles. The molecule has 0 atom stereocenters. The smallest absolute Gasteiger partial charge is 0.226 e. The van der Waals surface area contributed by atoms with Gasteiger partial charge in [0, 0.05) is 23.1 Å². The Morgan fingerprint density at radius 1 is 1.08 bits per heavy atom. The van der Waals surface area contributed by atoms with Crippen LogP contribution in [0.4, 0.5) is 0 Å². The van der Waals surface area contributed by atoms with Crippen molar-refractivity contribution >= 4 is 17.4 Å². The van der Waals surface area contributed by atoms with Gasteiger partial charge in [0.15, 0.2) is 10.8 Å². The van der Waals surface area contributed by atoms with E-state index in [0.29, 0.717) is 11.6 Å². The first-order valence-corrected chi connectivity index (χ1v) is 8.51. The number of thioether (sulfide) groups is 1. The molecule has 0 bridgehead atoms. The third kappa shape index (κ3) is 2.78. The summed E-state index contributed by atoms with van der Waals surface area (Å²) in [6.45, 7) is 3.91. The van der Waals surface area contributed by atoms with Crippen molar-refractivity contribution in [2.24, 2.45) is 0 Å². The minimum atomic E-state index is 0.630. The Hall–Kier alpha value is -2.67. The first kappa shape index (κ1) is 14.9. The molecule has 4 rings (SSSR count). The molecule has 0 amide bonds. The van der Waals surface area contributed by atoms with Gasteiger partial charge in [0.1, 0.15) is 12.1 Å². The van der Waals surface area contributed by atoms with E-state index in [2.05, 4.69) is 20.2 Å². The summed E-state index contributed by atoms with van der Waals surface area (Å²) in [6.07, 6.45) is 1.69. The van der Waals surface area contributed by atoms with Crippen molar-refractivity contribution in [1.29, 1.82) is 0 Å². The molecule has 0 saturated carbocycles. The van der Waals surface area contributed by atoms with E-state index in [0.717, 1.165) is 33.6 Å². The highest BCUT2D eigenvalue weighted by Gasteiger charge is 2.12. The van der Waals surface area contributed by atoms with Crippen LogP contribution in [0.3, 0.4) is 0 Å². The van der Waals surface area contributed by atoms with Crippen LogP contribution < -0.4 is 0 Å². The lowest BCUT2D eigenvalue weighted by atomic mass is 10.2. The summed E-state index contributed by atoms with van der Waals surface area (Å²) in [4.78, 5) is 9.00. The second-order valence-electron chi connectivity index (χ2n) is 5.42. The van der Waals surface area contributed by atoms with E-state index < -0.39 is 0 Å². The molecular weight excluding hydrogens is 322 g/mol. The van der Waals surface area contributed by atoms with Gasteiger partial charge in [-0.05, 0) is 26.0 Å². The Bertz CT molecular complexity index is 993. The number of rotatable bonds is 4. The summed E-state index contributed by atoms with van der Waals surface area (Å²) >= 11 is 1.57. The van der Waals surface area contributed by atoms with Crippen molar-refractivity contribution in [3.63, 3.8) is 0 Å². The van der Waals surface area contributed by atoms with Gasteiger partial charge in [-0.15, -0.1) is 10.2 Å². The van der Waals surface area contributed by atoms with E-state index >= 15 is 0 Å². The Balaban J connectivity index is 1.55. The van der Waals surface area contributed by atoms with Crippen LogP contribution in [0.25, 0.3) is 17.1 Å². The maximum absolute atomic E-state index is 5.57. The van der Waals surface area contributed by atoms with Crippen LogP contribution in [0, 0.1) is 13.8 Å². The zero-order valence-corrected chi connectivity index (χ0v) is 14.1. The molecule has 0 saturated heterocycles. The van der Waals surface area contributed by atoms with E-state index in [1.807, 2.05) is 54.6 Å². The third-order valence-electron chi connectivity index (χ3n) is 3.58. The predicted octanol–water partition coefficient (Wildman–Crippen LogP) is 3.69. The molecule has 0 aliphatic carbocycles. The highest BCUT2D eigenvalue weighted by Crippen LogP contribution is 2.25. The van der Waals surface area contributed by atoms with Crippen molar-refractivity contribution in [3.05, 3.63) is 59.9 Å². The fourth-order valence-corrected chi connectivity index (χ4v) is 3.38.